The lowest BCUT2D eigenvalue weighted by Gasteiger charge is -2.20. The molecule has 29 heavy (non-hydrogen) atoms. The number of hydrogen-bond donors (Lipinski definition) is 0. The molecule has 2 aromatic rings. The second kappa shape index (κ2) is 10.5. The Morgan fingerprint density at radius 1 is 1.00 bits per heavy atom. The quantitative estimate of drug-likeness (QED) is 0.280. The Kier molecular flexibility index (Phi) is 8.08. The fourth-order valence-corrected chi connectivity index (χ4v) is 2.72. The zero-order valence-corrected chi connectivity index (χ0v) is 17.9. The van der Waals surface area contributed by atoms with Crippen LogP contribution < -0.4 is 14.2 Å². The number of rotatable bonds is 10. The molecule has 0 N–H and O–H groups in total. The minimum atomic E-state index is -0.0755. The van der Waals surface area contributed by atoms with Gasteiger partial charge in [-0.15, -0.1) is 0 Å². The summed E-state index contributed by atoms with van der Waals surface area (Å²) in [5, 5.41) is 0. The molecule has 0 saturated carbocycles. The number of carbonyl (C=O) groups is 1. The van der Waals surface area contributed by atoms with Crippen LogP contribution in [0.5, 0.6) is 17.2 Å². The second-order valence-corrected chi connectivity index (χ2v) is 7.26. The van der Waals surface area contributed by atoms with E-state index in [1.165, 1.54) is 0 Å². The van der Waals surface area contributed by atoms with Gasteiger partial charge in [-0.05, 0) is 76.6 Å². The van der Waals surface area contributed by atoms with Gasteiger partial charge < -0.3 is 14.2 Å². The Bertz CT molecular complexity index is 861. The molecule has 154 valence electrons. The molecular weight excluding hydrogens is 364 g/mol. The SMILES string of the molecule is C=CCOc1ccc(C(=O)/C=C/c2ccc(OC(C)C)c(OC(C)C)c2C)cc1. The molecule has 0 aliphatic carbocycles. The smallest absolute Gasteiger partial charge is 0.185 e. The van der Waals surface area contributed by atoms with Gasteiger partial charge in [-0.3, -0.25) is 4.79 Å². The third-order valence-electron chi connectivity index (χ3n) is 4.05. The lowest BCUT2D eigenvalue weighted by atomic mass is 10.0. The minimum absolute atomic E-state index is 0.0193. The number of benzene rings is 2. The van der Waals surface area contributed by atoms with Gasteiger partial charge in [0.1, 0.15) is 12.4 Å². The van der Waals surface area contributed by atoms with Gasteiger partial charge in [0.25, 0.3) is 0 Å². The van der Waals surface area contributed by atoms with Crippen LogP contribution in [0.15, 0.2) is 55.1 Å². The van der Waals surface area contributed by atoms with Crippen molar-refractivity contribution in [1.82, 2.24) is 0 Å². The van der Waals surface area contributed by atoms with Crippen LogP contribution in [0.4, 0.5) is 0 Å². The summed E-state index contributed by atoms with van der Waals surface area (Å²) in [5.74, 6) is 2.06. The minimum Gasteiger partial charge on any atom is -0.490 e. The van der Waals surface area contributed by atoms with Crippen molar-refractivity contribution in [2.75, 3.05) is 6.61 Å². The van der Waals surface area contributed by atoms with E-state index in [9.17, 15) is 4.79 Å². The normalized spacial score (nSPS) is 11.1. The van der Waals surface area contributed by atoms with Crippen molar-refractivity contribution in [3.05, 3.63) is 71.8 Å². The third kappa shape index (κ3) is 6.53. The highest BCUT2D eigenvalue weighted by molar-refractivity contribution is 6.07. The largest absolute Gasteiger partial charge is 0.490 e. The maximum Gasteiger partial charge on any atom is 0.185 e. The van der Waals surface area contributed by atoms with Gasteiger partial charge in [-0.2, -0.15) is 0 Å². The molecule has 0 heterocycles. The van der Waals surface area contributed by atoms with Crippen LogP contribution >= 0.6 is 0 Å². The van der Waals surface area contributed by atoms with Gasteiger partial charge in [0.2, 0.25) is 0 Å². The Morgan fingerprint density at radius 2 is 1.66 bits per heavy atom. The van der Waals surface area contributed by atoms with E-state index in [2.05, 4.69) is 6.58 Å². The molecule has 0 amide bonds. The Balaban J connectivity index is 2.22. The van der Waals surface area contributed by atoms with Gasteiger partial charge in [0.15, 0.2) is 17.3 Å². The topological polar surface area (TPSA) is 44.8 Å². The van der Waals surface area contributed by atoms with Crippen LogP contribution in [-0.4, -0.2) is 24.6 Å². The molecule has 4 nitrogen and oxygen atoms in total. The molecule has 0 aliphatic heterocycles. The number of allylic oxidation sites excluding steroid dienone is 1. The van der Waals surface area contributed by atoms with E-state index >= 15 is 0 Å². The van der Waals surface area contributed by atoms with Crippen molar-refractivity contribution in [3.8, 4) is 17.2 Å². The van der Waals surface area contributed by atoms with E-state index < -0.39 is 0 Å². The highest BCUT2D eigenvalue weighted by Gasteiger charge is 2.14. The van der Waals surface area contributed by atoms with Crippen molar-refractivity contribution in [3.63, 3.8) is 0 Å². The highest BCUT2D eigenvalue weighted by atomic mass is 16.5. The van der Waals surface area contributed by atoms with E-state index in [-0.39, 0.29) is 18.0 Å². The van der Waals surface area contributed by atoms with Crippen molar-refractivity contribution < 1.29 is 19.0 Å². The van der Waals surface area contributed by atoms with E-state index in [1.807, 2.05) is 52.8 Å². The Hall–Kier alpha value is -3.01. The molecule has 0 bridgehead atoms. The van der Waals surface area contributed by atoms with E-state index in [0.29, 0.717) is 29.4 Å². The van der Waals surface area contributed by atoms with Crippen LogP contribution in [0.25, 0.3) is 6.08 Å². The molecule has 4 heteroatoms. The average molecular weight is 395 g/mol. The van der Waals surface area contributed by atoms with E-state index in [0.717, 1.165) is 11.1 Å². The lowest BCUT2D eigenvalue weighted by Crippen LogP contribution is -2.12. The predicted octanol–water partition coefficient (Wildman–Crippen LogP) is 6.03. The molecule has 0 aromatic heterocycles. The summed E-state index contributed by atoms with van der Waals surface area (Å²) in [4.78, 5) is 12.5. The van der Waals surface area contributed by atoms with Gasteiger partial charge in [0.05, 0.1) is 12.2 Å². The van der Waals surface area contributed by atoms with Gasteiger partial charge in [-0.25, -0.2) is 0 Å². The standard InChI is InChI=1S/C25H30O4/c1-7-16-27-22-12-8-21(9-13-22)23(26)14-10-20-11-15-24(28-17(2)3)25(19(20)6)29-18(4)5/h7-15,17-18H,1,16H2,2-6H3/b14-10+. The molecule has 0 spiro atoms. The summed E-state index contributed by atoms with van der Waals surface area (Å²) in [7, 11) is 0. The molecule has 0 fully saturated rings. The van der Waals surface area contributed by atoms with E-state index in [4.69, 9.17) is 14.2 Å². The lowest BCUT2D eigenvalue weighted by molar-refractivity contribution is 0.104. The van der Waals surface area contributed by atoms with Gasteiger partial charge in [-0.1, -0.05) is 24.8 Å². The summed E-state index contributed by atoms with van der Waals surface area (Å²) in [5.41, 5.74) is 2.45. The zero-order chi connectivity index (χ0) is 21.4. The predicted molar refractivity (Wildman–Crippen MR) is 118 cm³/mol. The number of hydrogen-bond acceptors (Lipinski definition) is 4. The molecular formula is C25H30O4. The first-order chi connectivity index (χ1) is 13.8. The van der Waals surface area contributed by atoms with Crippen LogP contribution in [0.1, 0.15) is 49.2 Å². The van der Waals surface area contributed by atoms with Crippen molar-refractivity contribution >= 4 is 11.9 Å². The van der Waals surface area contributed by atoms with Crippen LogP contribution in [-0.2, 0) is 0 Å². The Morgan fingerprint density at radius 3 is 2.24 bits per heavy atom. The molecule has 2 aromatic carbocycles. The molecule has 0 atom stereocenters. The first-order valence-electron chi connectivity index (χ1n) is 9.85. The molecule has 0 radical (unpaired) electrons. The fraction of sp³-hybridized carbons (Fsp3) is 0.320. The maximum absolute atomic E-state index is 12.5. The first kappa shape index (κ1) is 22.3. The molecule has 2 rings (SSSR count). The number of carbonyl (C=O) groups excluding carboxylic acids is 1. The molecule has 0 unspecified atom stereocenters. The maximum atomic E-state index is 12.5. The second-order valence-electron chi connectivity index (χ2n) is 7.26. The summed E-state index contributed by atoms with van der Waals surface area (Å²) in [6.07, 6.45) is 5.13. The Labute approximate surface area is 173 Å². The number of ether oxygens (including phenoxy) is 3. The summed E-state index contributed by atoms with van der Waals surface area (Å²) < 4.78 is 17.3. The van der Waals surface area contributed by atoms with Crippen molar-refractivity contribution in [2.45, 2.75) is 46.8 Å². The average Bonchev–Trinajstić information content (AvgIpc) is 2.68. The first-order valence-corrected chi connectivity index (χ1v) is 9.85. The van der Waals surface area contributed by atoms with Crippen molar-refractivity contribution in [1.29, 1.82) is 0 Å². The van der Waals surface area contributed by atoms with E-state index in [1.54, 1.807) is 36.4 Å². The molecule has 0 saturated heterocycles. The highest BCUT2D eigenvalue weighted by Crippen LogP contribution is 2.35. The zero-order valence-electron chi connectivity index (χ0n) is 17.9. The van der Waals surface area contributed by atoms with Crippen LogP contribution in [0.3, 0.4) is 0 Å². The van der Waals surface area contributed by atoms with Crippen LogP contribution in [0.2, 0.25) is 0 Å². The summed E-state index contributed by atoms with van der Waals surface area (Å²) >= 11 is 0. The molecule has 0 aliphatic rings. The summed E-state index contributed by atoms with van der Waals surface area (Å²) in [6, 6.07) is 10.9. The summed E-state index contributed by atoms with van der Waals surface area (Å²) in [6.45, 7) is 13.9. The van der Waals surface area contributed by atoms with Crippen molar-refractivity contribution in [2.24, 2.45) is 0 Å². The van der Waals surface area contributed by atoms with Crippen LogP contribution in [0, 0.1) is 6.92 Å². The monoisotopic (exact) mass is 394 g/mol. The fourth-order valence-electron chi connectivity index (χ4n) is 2.72. The van der Waals surface area contributed by atoms with Gasteiger partial charge in [0, 0.05) is 11.1 Å². The third-order valence-corrected chi connectivity index (χ3v) is 4.05. The number of ketones is 1. The van der Waals surface area contributed by atoms with Gasteiger partial charge >= 0.3 is 0 Å².